The Morgan fingerprint density at radius 1 is 1.06 bits per heavy atom. The molecule has 1 atom stereocenters. The van der Waals surface area contributed by atoms with Crippen molar-refractivity contribution in [1.29, 1.82) is 0 Å². The van der Waals surface area contributed by atoms with E-state index < -0.39 is 5.54 Å². The molecule has 0 aromatic heterocycles. The molecule has 1 saturated carbocycles. The molecule has 1 saturated heterocycles. The summed E-state index contributed by atoms with van der Waals surface area (Å²) in [5.74, 6) is -0.0119. The molecule has 2 aromatic rings. The Morgan fingerprint density at radius 2 is 1.77 bits per heavy atom. The zero-order valence-electron chi connectivity index (χ0n) is 17.5. The quantitative estimate of drug-likeness (QED) is 0.735. The fraction of sp³-hybridized carbons (Fsp3) is 0.417. The molecule has 2 fully saturated rings. The summed E-state index contributed by atoms with van der Waals surface area (Å²) >= 11 is 6.00. The minimum Gasteiger partial charge on any atom is -0.370 e. The maximum Gasteiger partial charge on any atom is 0.315 e. The van der Waals surface area contributed by atoms with Crippen LogP contribution in [0.15, 0.2) is 54.6 Å². The van der Waals surface area contributed by atoms with E-state index in [2.05, 4.69) is 10.6 Å². The molecule has 1 aliphatic heterocycles. The second kappa shape index (κ2) is 9.71. The molecule has 1 heterocycles. The van der Waals surface area contributed by atoms with Crippen molar-refractivity contribution in [3.63, 3.8) is 0 Å². The molecular formula is C24H28ClN3O3. The molecule has 0 unspecified atom stereocenters. The Kier molecular flexibility index (Phi) is 6.78. The van der Waals surface area contributed by atoms with Gasteiger partial charge in [0.25, 0.3) is 0 Å². The van der Waals surface area contributed by atoms with Crippen molar-refractivity contribution in [1.82, 2.24) is 15.5 Å². The van der Waals surface area contributed by atoms with Crippen LogP contribution in [0.2, 0.25) is 5.02 Å². The molecule has 6 nitrogen and oxygen atoms in total. The number of halogens is 1. The van der Waals surface area contributed by atoms with Crippen LogP contribution in [0.4, 0.5) is 4.79 Å². The summed E-state index contributed by atoms with van der Waals surface area (Å²) in [5, 5.41) is 6.58. The largest absolute Gasteiger partial charge is 0.370 e. The van der Waals surface area contributed by atoms with Gasteiger partial charge in [0.15, 0.2) is 0 Å². The Hall–Kier alpha value is -2.57. The van der Waals surface area contributed by atoms with E-state index in [9.17, 15) is 9.59 Å². The lowest BCUT2D eigenvalue weighted by molar-refractivity contribution is -0.145. The summed E-state index contributed by atoms with van der Waals surface area (Å²) in [6, 6.07) is 17.0. The summed E-state index contributed by atoms with van der Waals surface area (Å²) in [6.45, 7) is 1.88. The monoisotopic (exact) mass is 441 g/mol. The zero-order chi connectivity index (χ0) is 21.7. The average molecular weight is 442 g/mol. The number of hydrogen-bond donors (Lipinski definition) is 2. The standard InChI is InChI=1S/C24H28ClN3O3/c25-20-10-8-19(9-11-20)21-17-28(14-15-31-21)22(29)24(12-4-5-13-24)27-23(30)26-16-18-6-2-1-3-7-18/h1-3,6-11,21H,4-5,12-17H2,(H2,26,27,30)/t21-/m0/s1. The number of urea groups is 1. The number of rotatable bonds is 5. The molecule has 1 aliphatic carbocycles. The van der Waals surface area contributed by atoms with Crippen LogP contribution in [0.5, 0.6) is 0 Å². The van der Waals surface area contributed by atoms with E-state index in [0.717, 1.165) is 24.0 Å². The highest BCUT2D eigenvalue weighted by Gasteiger charge is 2.45. The van der Waals surface area contributed by atoms with Crippen LogP contribution >= 0.6 is 11.6 Å². The van der Waals surface area contributed by atoms with E-state index in [1.54, 1.807) is 0 Å². The van der Waals surface area contributed by atoms with E-state index in [1.165, 1.54) is 0 Å². The summed E-state index contributed by atoms with van der Waals surface area (Å²) < 4.78 is 5.91. The summed E-state index contributed by atoms with van der Waals surface area (Å²) in [4.78, 5) is 28.1. The van der Waals surface area contributed by atoms with Gasteiger partial charge in [-0.25, -0.2) is 4.79 Å². The second-order valence-corrected chi connectivity index (χ2v) is 8.68. The van der Waals surface area contributed by atoms with Crippen molar-refractivity contribution >= 4 is 23.5 Å². The van der Waals surface area contributed by atoms with Gasteiger partial charge in [-0.2, -0.15) is 0 Å². The van der Waals surface area contributed by atoms with Crippen molar-refractivity contribution in [2.75, 3.05) is 19.7 Å². The van der Waals surface area contributed by atoms with Gasteiger partial charge in [0.1, 0.15) is 11.6 Å². The molecule has 4 rings (SSSR count). The minimum absolute atomic E-state index is 0.0119. The van der Waals surface area contributed by atoms with Crippen LogP contribution in [0.25, 0.3) is 0 Å². The van der Waals surface area contributed by atoms with Crippen molar-refractivity contribution < 1.29 is 14.3 Å². The number of carbonyl (C=O) groups excluding carboxylic acids is 2. The molecule has 164 valence electrons. The Balaban J connectivity index is 1.41. The van der Waals surface area contributed by atoms with Gasteiger partial charge in [0.2, 0.25) is 5.91 Å². The summed E-state index contributed by atoms with van der Waals surface area (Å²) in [6.07, 6.45) is 2.98. The number of nitrogens with one attached hydrogen (secondary N) is 2. The fourth-order valence-corrected chi connectivity index (χ4v) is 4.55. The minimum atomic E-state index is -0.845. The third kappa shape index (κ3) is 5.20. The molecule has 31 heavy (non-hydrogen) atoms. The maximum atomic E-state index is 13.6. The third-order valence-electron chi connectivity index (χ3n) is 6.11. The first-order valence-corrected chi connectivity index (χ1v) is 11.2. The van der Waals surface area contributed by atoms with Crippen LogP contribution in [0.1, 0.15) is 42.9 Å². The lowest BCUT2D eigenvalue weighted by Crippen LogP contribution is -2.61. The van der Waals surface area contributed by atoms with Crippen molar-refractivity contribution in [2.24, 2.45) is 0 Å². The van der Waals surface area contributed by atoms with Crippen LogP contribution in [0, 0.1) is 0 Å². The van der Waals surface area contributed by atoms with E-state index in [-0.39, 0.29) is 18.0 Å². The molecule has 3 amide bonds. The van der Waals surface area contributed by atoms with E-state index in [4.69, 9.17) is 16.3 Å². The summed E-state index contributed by atoms with van der Waals surface area (Å²) in [7, 11) is 0. The molecule has 2 N–H and O–H groups in total. The van der Waals surface area contributed by atoms with Gasteiger partial charge < -0.3 is 20.3 Å². The molecular weight excluding hydrogens is 414 g/mol. The fourth-order valence-electron chi connectivity index (χ4n) is 4.43. The number of amides is 3. The smallest absolute Gasteiger partial charge is 0.315 e. The number of carbonyl (C=O) groups is 2. The van der Waals surface area contributed by atoms with E-state index in [1.807, 2.05) is 59.5 Å². The van der Waals surface area contributed by atoms with Gasteiger partial charge in [-0.1, -0.05) is 66.9 Å². The predicted molar refractivity (Wildman–Crippen MR) is 120 cm³/mol. The van der Waals surface area contributed by atoms with Crippen LogP contribution in [-0.4, -0.2) is 42.1 Å². The first-order chi connectivity index (χ1) is 15.1. The Labute approximate surface area is 187 Å². The lowest BCUT2D eigenvalue weighted by Gasteiger charge is -2.39. The van der Waals surface area contributed by atoms with Gasteiger partial charge >= 0.3 is 6.03 Å². The topological polar surface area (TPSA) is 70.7 Å². The summed E-state index contributed by atoms with van der Waals surface area (Å²) in [5.41, 5.74) is 1.17. The molecule has 0 bridgehead atoms. The van der Waals surface area contributed by atoms with Gasteiger partial charge in [0, 0.05) is 18.1 Å². The number of morpholine rings is 1. The van der Waals surface area contributed by atoms with Crippen molar-refractivity contribution in [2.45, 2.75) is 43.9 Å². The number of hydrogen-bond acceptors (Lipinski definition) is 3. The molecule has 2 aromatic carbocycles. The maximum absolute atomic E-state index is 13.6. The first-order valence-electron chi connectivity index (χ1n) is 10.8. The van der Waals surface area contributed by atoms with Crippen molar-refractivity contribution in [3.8, 4) is 0 Å². The van der Waals surface area contributed by atoms with Crippen molar-refractivity contribution in [3.05, 3.63) is 70.7 Å². The van der Waals surface area contributed by atoms with E-state index >= 15 is 0 Å². The molecule has 2 aliphatic rings. The van der Waals surface area contributed by atoms with Gasteiger partial charge in [0.05, 0.1) is 13.2 Å². The lowest BCUT2D eigenvalue weighted by atomic mass is 9.94. The molecule has 0 radical (unpaired) electrons. The number of ether oxygens (including phenoxy) is 1. The molecule has 0 spiro atoms. The highest BCUT2D eigenvalue weighted by molar-refractivity contribution is 6.30. The Morgan fingerprint density at radius 3 is 2.48 bits per heavy atom. The van der Waals surface area contributed by atoms with Crippen LogP contribution < -0.4 is 10.6 Å². The number of nitrogens with zero attached hydrogens (tertiary/aromatic N) is 1. The molecule has 7 heteroatoms. The normalized spacial score (nSPS) is 20.3. The van der Waals surface area contributed by atoms with Crippen LogP contribution in [-0.2, 0) is 16.1 Å². The van der Waals surface area contributed by atoms with Gasteiger partial charge in [-0.3, -0.25) is 4.79 Å². The van der Waals surface area contributed by atoms with Gasteiger partial charge in [-0.15, -0.1) is 0 Å². The SMILES string of the molecule is O=C(NCc1ccccc1)NC1(C(=O)N2CCO[C@H](c3ccc(Cl)cc3)C2)CCCC1. The third-order valence-corrected chi connectivity index (χ3v) is 6.36. The predicted octanol–water partition coefficient (Wildman–Crippen LogP) is 4.05. The highest BCUT2D eigenvalue weighted by atomic mass is 35.5. The van der Waals surface area contributed by atoms with E-state index in [0.29, 0.717) is 44.1 Å². The van der Waals surface area contributed by atoms with Crippen LogP contribution in [0.3, 0.4) is 0 Å². The number of benzene rings is 2. The average Bonchev–Trinajstić information content (AvgIpc) is 3.28. The van der Waals surface area contributed by atoms with Gasteiger partial charge in [-0.05, 0) is 36.1 Å². The zero-order valence-corrected chi connectivity index (χ0v) is 18.2. The highest BCUT2D eigenvalue weighted by Crippen LogP contribution is 2.33. The Bertz CT molecular complexity index is 898. The first kappa shape index (κ1) is 21.7. The second-order valence-electron chi connectivity index (χ2n) is 8.24.